The van der Waals surface area contributed by atoms with Crippen LogP contribution >= 0.6 is 15.9 Å². The molecule has 0 aromatic carbocycles. The molecule has 2 unspecified atom stereocenters. The van der Waals surface area contributed by atoms with Crippen LogP contribution in [0.15, 0.2) is 15.5 Å². The van der Waals surface area contributed by atoms with E-state index < -0.39 is 18.3 Å². The number of anilines is 1. The van der Waals surface area contributed by atoms with E-state index in [9.17, 15) is 23.1 Å². The quantitative estimate of drug-likeness (QED) is 0.853. The Morgan fingerprint density at radius 3 is 2.81 bits per heavy atom. The van der Waals surface area contributed by atoms with Crippen LogP contribution in [0.3, 0.4) is 0 Å². The van der Waals surface area contributed by atoms with Crippen LogP contribution in [0.4, 0.5) is 18.9 Å². The Morgan fingerprint density at radius 2 is 2.19 bits per heavy atom. The van der Waals surface area contributed by atoms with Crippen molar-refractivity contribution in [1.82, 2.24) is 9.78 Å². The Hall–Kier alpha value is -1.09. The third-order valence-electron chi connectivity index (χ3n) is 3.55. The molecule has 0 bridgehead atoms. The van der Waals surface area contributed by atoms with Gasteiger partial charge < -0.3 is 10.4 Å². The van der Waals surface area contributed by atoms with Crippen molar-refractivity contribution in [3.63, 3.8) is 0 Å². The highest BCUT2D eigenvalue weighted by Crippen LogP contribution is 2.29. The Kier molecular flexibility index (Phi) is 4.92. The molecule has 21 heavy (non-hydrogen) atoms. The van der Waals surface area contributed by atoms with Gasteiger partial charge in [-0.2, -0.15) is 18.3 Å². The summed E-state index contributed by atoms with van der Waals surface area (Å²) in [5.74, 6) is 0.0782. The SMILES string of the molecule is O=c1c(Br)c(NC2CCCC2CO)cnn1CC(F)(F)F. The molecule has 2 rings (SSSR count). The van der Waals surface area contributed by atoms with Gasteiger partial charge in [0.2, 0.25) is 0 Å². The zero-order valence-electron chi connectivity index (χ0n) is 11.0. The standard InChI is InChI=1S/C12H15BrF3N3O2/c13-10-9(18-8-3-1-2-7(8)5-20)4-17-19(11(10)21)6-12(14,15)16/h4,7-8,18,20H,1-3,5-6H2. The molecule has 0 radical (unpaired) electrons. The van der Waals surface area contributed by atoms with Gasteiger partial charge in [0.15, 0.2) is 0 Å². The Balaban J connectivity index is 2.19. The molecule has 5 nitrogen and oxygen atoms in total. The summed E-state index contributed by atoms with van der Waals surface area (Å²) in [7, 11) is 0. The molecule has 2 atom stereocenters. The summed E-state index contributed by atoms with van der Waals surface area (Å²) in [6.07, 6.45) is -0.630. The fourth-order valence-electron chi connectivity index (χ4n) is 2.49. The third kappa shape index (κ3) is 3.97. The molecule has 0 saturated heterocycles. The fraction of sp³-hybridized carbons (Fsp3) is 0.667. The highest BCUT2D eigenvalue weighted by molar-refractivity contribution is 9.10. The van der Waals surface area contributed by atoms with Gasteiger partial charge >= 0.3 is 6.18 Å². The van der Waals surface area contributed by atoms with E-state index in [2.05, 4.69) is 26.3 Å². The van der Waals surface area contributed by atoms with Gasteiger partial charge in [0.05, 0.1) is 11.9 Å². The Labute approximate surface area is 127 Å². The second kappa shape index (κ2) is 6.35. The number of hydrogen-bond acceptors (Lipinski definition) is 4. The first-order valence-corrected chi connectivity index (χ1v) is 7.31. The minimum Gasteiger partial charge on any atom is -0.396 e. The van der Waals surface area contributed by atoms with Gasteiger partial charge in [-0.1, -0.05) is 6.42 Å². The largest absolute Gasteiger partial charge is 0.408 e. The first kappa shape index (κ1) is 16.3. The van der Waals surface area contributed by atoms with Crippen LogP contribution in [0.1, 0.15) is 19.3 Å². The van der Waals surface area contributed by atoms with Crippen LogP contribution in [0.25, 0.3) is 0 Å². The highest BCUT2D eigenvalue weighted by Gasteiger charge is 2.30. The van der Waals surface area contributed by atoms with Crippen molar-refractivity contribution in [3.05, 3.63) is 21.0 Å². The second-order valence-electron chi connectivity index (χ2n) is 5.07. The van der Waals surface area contributed by atoms with E-state index in [1.807, 2.05) is 0 Å². The normalized spacial score (nSPS) is 22.5. The molecule has 118 valence electrons. The molecule has 2 N–H and O–H groups in total. The van der Waals surface area contributed by atoms with Crippen LogP contribution in [0, 0.1) is 5.92 Å². The Morgan fingerprint density at radius 1 is 1.48 bits per heavy atom. The van der Waals surface area contributed by atoms with Crippen molar-refractivity contribution >= 4 is 21.6 Å². The summed E-state index contributed by atoms with van der Waals surface area (Å²) in [5.41, 5.74) is -0.486. The lowest BCUT2D eigenvalue weighted by atomic mass is 10.1. The van der Waals surface area contributed by atoms with Crippen LogP contribution in [0.5, 0.6) is 0 Å². The van der Waals surface area contributed by atoms with Crippen LogP contribution in [-0.4, -0.2) is 33.7 Å². The van der Waals surface area contributed by atoms with Crippen molar-refractivity contribution < 1.29 is 18.3 Å². The van der Waals surface area contributed by atoms with Gasteiger partial charge in [0, 0.05) is 18.6 Å². The van der Waals surface area contributed by atoms with Gasteiger partial charge in [-0.15, -0.1) is 0 Å². The molecule has 1 saturated carbocycles. The third-order valence-corrected chi connectivity index (χ3v) is 4.31. The molecule has 1 aliphatic rings. The number of halogens is 4. The van der Waals surface area contributed by atoms with Crippen LogP contribution < -0.4 is 10.9 Å². The van der Waals surface area contributed by atoms with Gasteiger partial charge in [0.1, 0.15) is 11.0 Å². The molecule has 1 fully saturated rings. The van der Waals surface area contributed by atoms with Gasteiger partial charge in [0.25, 0.3) is 5.56 Å². The first-order valence-electron chi connectivity index (χ1n) is 6.51. The van der Waals surface area contributed by atoms with E-state index >= 15 is 0 Å². The molecule has 0 spiro atoms. The predicted octanol–water partition coefficient (Wildman–Crippen LogP) is 2.14. The van der Waals surface area contributed by atoms with Crippen LogP contribution in [0.2, 0.25) is 0 Å². The van der Waals surface area contributed by atoms with Crippen molar-refractivity contribution in [2.75, 3.05) is 11.9 Å². The minimum atomic E-state index is -4.50. The van der Waals surface area contributed by atoms with E-state index in [1.165, 1.54) is 6.20 Å². The molecule has 1 aromatic heterocycles. The maximum absolute atomic E-state index is 12.3. The van der Waals surface area contributed by atoms with E-state index in [4.69, 9.17) is 0 Å². The summed E-state index contributed by atoms with van der Waals surface area (Å²) in [6, 6.07) is -0.00836. The lowest BCUT2D eigenvalue weighted by molar-refractivity contribution is -0.143. The number of aliphatic hydroxyl groups excluding tert-OH is 1. The summed E-state index contributed by atoms with van der Waals surface area (Å²) in [5, 5.41) is 15.9. The molecule has 1 aromatic rings. The predicted molar refractivity (Wildman–Crippen MR) is 74.1 cm³/mol. The molecule has 0 aliphatic heterocycles. The second-order valence-corrected chi connectivity index (χ2v) is 5.87. The summed E-state index contributed by atoms with van der Waals surface area (Å²) < 4.78 is 37.3. The lowest BCUT2D eigenvalue weighted by Gasteiger charge is -2.21. The number of hydrogen-bond donors (Lipinski definition) is 2. The maximum atomic E-state index is 12.3. The van der Waals surface area contributed by atoms with Crippen molar-refractivity contribution in [3.8, 4) is 0 Å². The number of nitrogens with zero attached hydrogens (tertiary/aromatic N) is 2. The van der Waals surface area contributed by atoms with E-state index in [1.54, 1.807) is 0 Å². The number of nitrogens with one attached hydrogen (secondary N) is 1. The smallest absolute Gasteiger partial charge is 0.396 e. The van der Waals surface area contributed by atoms with Crippen molar-refractivity contribution in [2.24, 2.45) is 5.92 Å². The van der Waals surface area contributed by atoms with Gasteiger partial charge in [-0.05, 0) is 28.8 Å². The number of aliphatic hydroxyl groups is 1. The summed E-state index contributed by atoms with van der Waals surface area (Å²) in [4.78, 5) is 11.9. The number of alkyl halides is 3. The van der Waals surface area contributed by atoms with Crippen molar-refractivity contribution in [2.45, 2.75) is 38.0 Å². The monoisotopic (exact) mass is 369 g/mol. The molecule has 1 heterocycles. The van der Waals surface area contributed by atoms with Gasteiger partial charge in [-0.3, -0.25) is 4.79 Å². The fourth-order valence-corrected chi connectivity index (χ4v) is 2.91. The summed E-state index contributed by atoms with van der Waals surface area (Å²) in [6.45, 7) is -1.39. The van der Waals surface area contributed by atoms with Crippen LogP contribution in [-0.2, 0) is 6.54 Å². The van der Waals surface area contributed by atoms with Crippen molar-refractivity contribution in [1.29, 1.82) is 0 Å². The van der Waals surface area contributed by atoms with Gasteiger partial charge in [-0.25, -0.2) is 4.68 Å². The molecule has 0 amide bonds. The Bertz CT molecular complexity index is 562. The maximum Gasteiger partial charge on any atom is 0.408 e. The first-order chi connectivity index (χ1) is 9.81. The topological polar surface area (TPSA) is 67.2 Å². The average molecular weight is 370 g/mol. The highest BCUT2D eigenvalue weighted by atomic mass is 79.9. The summed E-state index contributed by atoms with van der Waals surface area (Å²) >= 11 is 3.02. The zero-order chi connectivity index (χ0) is 15.6. The average Bonchev–Trinajstić information content (AvgIpc) is 2.84. The van der Waals surface area contributed by atoms with E-state index in [0.717, 1.165) is 19.3 Å². The molecular formula is C12H15BrF3N3O2. The molecular weight excluding hydrogens is 355 g/mol. The lowest BCUT2D eigenvalue weighted by Crippen LogP contribution is -2.32. The number of rotatable bonds is 4. The number of aromatic nitrogens is 2. The molecule has 9 heteroatoms. The minimum absolute atomic E-state index is 0.00836. The van der Waals surface area contributed by atoms with E-state index in [-0.39, 0.29) is 23.0 Å². The molecule has 1 aliphatic carbocycles. The van der Waals surface area contributed by atoms with E-state index in [0.29, 0.717) is 10.4 Å². The zero-order valence-corrected chi connectivity index (χ0v) is 12.6.